The van der Waals surface area contributed by atoms with Gasteiger partial charge >= 0.3 is 11.9 Å². The van der Waals surface area contributed by atoms with Gasteiger partial charge < -0.3 is 25.7 Å². The highest BCUT2D eigenvalue weighted by molar-refractivity contribution is 9.11. The minimum absolute atomic E-state index is 0.141. The molecule has 0 amide bonds. The first-order valence-electron chi connectivity index (χ1n) is 6.24. The van der Waals surface area contributed by atoms with E-state index < -0.39 is 34.4 Å². The molecule has 0 aliphatic rings. The van der Waals surface area contributed by atoms with Gasteiger partial charge in [0.1, 0.15) is 22.7 Å². The van der Waals surface area contributed by atoms with Crippen LogP contribution in [0.3, 0.4) is 0 Å². The second-order valence-electron chi connectivity index (χ2n) is 4.57. The summed E-state index contributed by atoms with van der Waals surface area (Å²) in [6, 6.07) is 2.95. The maximum atomic E-state index is 12.0. The molecule has 24 heavy (non-hydrogen) atoms. The molecule has 0 saturated carbocycles. The van der Waals surface area contributed by atoms with Gasteiger partial charge in [0.2, 0.25) is 0 Å². The number of aromatic carboxylic acids is 2. The monoisotopic (exact) mass is 460 g/mol. The van der Waals surface area contributed by atoms with Gasteiger partial charge in [0.05, 0.1) is 11.6 Å². The molecule has 10 heteroatoms. The van der Waals surface area contributed by atoms with Gasteiger partial charge in [-0.25, -0.2) is 9.59 Å². The Morgan fingerprint density at radius 2 is 1.71 bits per heavy atom. The minimum atomic E-state index is -1.58. The highest BCUT2D eigenvalue weighted by atomic mass is 79.9. The number of nitrogen functional groups attached to an aromatic ring is 1. The van der Waals surface area contributed by atoms with E-state index in [4.69, 9.17) is 10.5 Å². The van der Waals surface area contributed by atoms with Crippen molar-refractivity contribution in [2.24, 2.45) is 0 Å². The molecule has 8 nitrogen and oxygen atoms in total. The third-order valence-electron chi connectivity index (χ3n) is 3.18. The lowest BCUT2D eigenvalue weighted by Gasteiger charge is -2.15. The molecule has 5 N–H and O–H groups in total. The number of hydrogen-bond donors (Lipinski definition) is 4. The van der Waals surface area contributed by atoms with E-state index in [1.54, 1.807) is 6.07 Å². The smallest absolute Gasteiger partial charge is 0.342 e. The lowest BCUT2D eigenvalue weighted by molar-refractivity contribution is 0.0695. The number of pyridine rings is 1. The summed E-state index contributed by atoms with van der Waals surface area (Å²) in [4.78, 5) is 37.2. The fourth-order valence-electron chi connectivity index (χ4n) is 2.19. The molecule has 0 radical (unpaired) electrons. The number of H-pyrrole nitrogens is 1. The van der Waals surface area contributed by atoms with Crippen LogP contribution >= 0.6 is 31.9 Å². The second kappa shape index (κ2) is 6.65. The number of methoxy groups -OCH3 is 1. The number of benzene rings is 1. The number of ether oxygens (including phenoxy) is 1. The molecule has 1 aromatic carbocycles. The standard InChI is InChI=1S/C14H10Br2N2O6/c1-24-7-2-4(5(15)3-6(7)16)8-9(13(20)21)11(17)18-12(19)10(8)14(22)23/h2-3H,1H3,(H,20,21)(H,22,23)(H3,17,18,19). The first-order chi connectivity index (χ1) is 11.2. The van der Waals surface area contributed by atoms with Gasteiger partial charge in [-0.2, -0.15) is 0 Å². The normalized spacial score (nSPS) is 10.5. The molecule has 2 rings (SSSR count). The van der Waals surface area contributed by atoms with Crippen molar-refractivity contribution in [3.63, 3.8) is 0 Å². The van der Waals surface area contributed by atoms with Crippen molar-refractivity contribution in [3.8, 4) is 16.9 Å². The van der Waals surface area contributed by atoms with Crippen LogP contribution in [-0.2, 0) is 0 Å². The fraction of sp³-hybridized carbons (Fsp3) is 0.0714. The average molecular weight is 462 g/mol. The Labute approximate surface area is 151 Å². The summed E-state index contributed by atoms with van der Waals surface area (Å²) in [5.41, 5.74) is 3.17. The summed E-state index contributed by atoms with van der Waals surface area (Å²) in [6.45, 7) is 0. The van der Waals surface area contributed by atoms with E-state index in [1.807, 2.05) is 4.98 Å². The number of rotatable bonds is 4. The zero-order chi connectivity index (χ0) is 18.2. The Hall–Kier alpha value is -2.33. The van der Waals surface area contributed by atoms with E-state index >= 15 is 0 Å². The zero-order valence-corrected chi connectivity index (χ0v) is 15.2. The summed E-state index contributed by atoms with van der Waals surface area (Å²) < 4.78 is 6.04. The van der Waals surface area contributed by atoms with Crippen LogP contribution < -0.4 is 16.0 Å². The lowest BCUT2D eigenvalue weighted by atomic mass is 9.95. The summed E-state index contributed by atoms with van der Waals surface area (Å²) in [5, 5.41) is 18.8. The van der Waals surface area contributed by atoms with Crippen molar-refractivity contribution in [2.75, 3.05) is 12.8 Å². The van der Waals surface area contributed by atoms with E-state index in [0.717, 1.165) is 0 Å². The van der Waals surface area contributed by atoms with Crippen molar-refractivity contribution in [3.05, 3.63) is 42.6 Å². The molecule has 0 aliphatic carbocycles. The topological polar surface area (TPSA) is 143 Å². The van der Waals surface area contributed by atoms with Crippen LogP contribution in [0.4, 0.5) is 5.82 Å². The van der Waals surface area contributed by atoms with Crippen molar-refractivity contribution in [1.29, 1.82) is 0 Å². The highest BCUT2D eigenvalue weighted by Gasteiger charge is 2.28. The lowest BCUT2D eigenvalue weighted by Crippen LogP contribution is -2.24. The van der Waals surface area contributed by atoms with Gasteiger partial charge in [-0.05, 0) is 28.1 Å². The van der Waals surface area contributed by atoms with Gasteiger partial charge in [-0.1, -0.05) is 15.9 Å². The van der Waals surface area contributed by atoms with Gasteiger partial charge in [-0.15, -0.1) is 0 Å². The predicted molar refractivity (Wildman–Crippen MR) is 92.8 cm³/mol. The first-order valence-corrected chi connectivity index (χ1v) is 7.83. The van der Waals surface area contributed by atoms with E-state index in [1.165, 1.54) is 13.2 Å². The van der Waals surface area contributed by atoms with Crippen LogP contribution in [0.5, 0.6) is 5.75 Å². The van der Waals surface area contributed by atoms with Crippen molar-refractivity contribution >= 4 is 49.6 Å². The van der Waals surface area contributed by atoms with Crippen molar-refractivity contribution in [1.82, 2.24) is 4.98 Å². The quantitative estimate of drug-likeness (QED) is 0.547. The van der Waals surface area contributed by atoms with Crippen molar-refractivity contribution < 1.29 is 24.5 Å². The summed E-state index contributed by atoms with van der Waals surface area (Å²) in [7, 11) is 1.39. The van der Waals surface area contributed by atoms with Crippen LogP contribution in [0, 0.1) is 0 Å². The number of aromatic amines is 1. The molecule has 1 heterocycles. The van der Waals surface area contributed by atoms with Gasteiger partial charge in [0, 0.05) is 15.6 Å². The van der Waals surface area contributed by atoms with Gasteiger partial charge in [0.15, 0.2) is 0 Å². The Kier molecular flexibility index (Phi) is 4.99. The summed E-state index contributed by atoms with van der Waals surface area (Å²) in [5.74, 6) is -3.18. The van der Waals surface area contributed by atoms with Gasteiger partial charge in [-0.3, -0.25) is 4.79 Å². The van der Waals surface area contributed by atoms with Crippen LogP contribution in [0.15, 0.2) is 25.9 Å². The average Bonchev–Trinajstić information content (AvgIpc) is 2.45. The maximum Gasteiger partial charge on any atom is 0.342 e. The molecule has 0 fully saturated rings. The number of halogens is 2. The van der Waals surface area contributed by atoms with E-state index in [2.05, 4.69) is 31.9 Å². The fourth-order valence-corrected chi connectivity index (χ4v) is 3.55. The van der Waals surface area contributed by atoms with Gasteiger partial charge in [0.25, 0.3) is 5.56 Å². The van der Waals surface area contributed by atoms with E-state index in [-0.39, 0.29) is 11.1 Å². The van der Waals surface area contributed by atoms with Crippen molar-refractivity contribution in [2.45, 2.75) is 0 Å². The Bertz CT molecular complexity index is 922. The molecular weight excluding hydrogens is 452 g/mol. The molecule has 0 spiro atoms. The molecule has 1 aromatic heterocycles. The SMILES string of the molecule is COc1cc(-c2c(C(=O)O)c(N)[nH]c(=O)c2C(=O)O)c(Br)cc1Br. The number of aromatic nitrogens is 1. The van der Waals surface area contributed by atoms with Crippen LogP contribution in [-0.4, -0.2) is 34.2 Å². The molecule has 0 aliphatic heterocycles. The largest absolute Gasteiger partial charge is 0.496 e. The molecule has 126 valence electrons. The number of hydrogen-bond acceptors (Lipinski definition) is 5. The summed E-state index contributed by atoms with van der Waals surface area (Å²) in [6.07, 6.45) is 0. The number of carboxylic acids is 2. The Morgan fingerprint density at radius 1 is 1.12 bits per heavy atom. The number of nitrogens with two attached hydrogens (primary N) is 1. The molecule has 0 unspecified atom stereocenters. The molecule has 0 atom stereocenters. The number of anilines is 1. The first kappa shape index (κ1) is 18.0. The van der Waals surface area contributed by atoms with Crippen LogP contribution in [0.25, 0.3) is 11.1 Å². The summed E-state index contributed by atoms with van der Waals surface area (Å²) >= 11 is 6.50. The number of carbonyl (C=O) groups is 2. The van der Waals surface area contributed by atoms with Crippen LogP contribution in [0.1, 0.15) is 20.7 Å². The predicted octanol–water partition coefficient (Wildman–Crippen LogP) is 2.55. The minimum Gasteiger partial charge on any atom is -0.496 e. The maximum absolute atomic E-state index is 12.0. The molecule has 2 aromatic rings. The highest BCUT2D eigenvalue weighted by Crippen LogP contribution is 2.40. The zero-order valence-electron chi connectivity index (χ0n) is 12.0. The molecule has 0 bridgehead atoms. The third kappa shape index (κ3) is 3.02. The number of carboxylic acid groups (broad SMARTS) is 2. The Balaban J connectivity index is 3.05. The third-order valence-corrected chi connectivity index (χ3v) is 4.46. The van der Waals surface area contributed by atoms with Crippen LogP contribution in [0.2, 0.25) is 0 Å². The van der Waals surface area contributed by atoms with E-state index in [9.17, 15) is 24.6 Å². The molecule has 0 saturated heterocycles. The Morgan fingerprint density at radius 3 is 2.21 bits per heavy atom. The molecular formula is C14H10Br2N2O6. The van der Waals surface area contributed by atoms with E-state index in [0.29, 0.717) is 14.7 Å². The number of nitrogens with one attached hydrogen (secondary N) is 1. The second-order valence-corrected chi connectivity index (χ2v) is 6.28.